The molecule has 3 aromatic rings. The second-order valence-corrected chi connectivity index (χ2v) is 7.56. The average molecular weight is 419 g/mol. The van der Waals surface area contributed by atoms with Gasteiger partial charge in [-0.3, -0.25) is 4.79 Å². The average Bonchev–Trinajstić information content (AvgIpc) is 3.27. The summed E-state index contributed by atoms with van der Waals surface area (Å²) >= 11 is 6.19. The fraction of sp³-hybridized carbons (Fsp3) is 0. The molecule has 0 saturated carbocycles. The van der Waals surface area contributed by atoms with Crippen LogP contribution >= 0.6 is 38.6 Å². The molecule has 0 atom stereocenters. The minimum absolute atomic E-state index is 0.223. The maximum atomic E-state index is 12.5. The number of ether oxygens (including phenoxy) is 1. The lowest BCUT2D eigenvalue weighted by Gasteiger charge is -2.08. The molecule has 0 N–H and O–H groups in total. The zero-order chi connectivity index (χ0) is 16.9. The van der Waals surface area contributed by atoms with Gasteiger partial charge in [-0.2, -0.15) is 0 Å². The summed E-state index contributed by atoms with van der Waals surface area (Å²) < 4.78 is 6.14. The van der Waals surface area contributed by atoms with E-state index in [-0.39, 0.29) is 11.5 Å². The molecule has 0 aliphatic heterocycles. The van der Waals surface area contributed by atoms with Crippen LogP contribution in [0.5, 0.6) is 5.75 Å². The van der Waals surface area contributed by atoms with Gasteiger partial charge in [0.05, 0.1) is 5.56 Å². The maximum absolute atomic E-state index is 12.5. The molecular formula is C18H11BrO3S2. The van der Waals surface area contributed by atoms with Gasteiger partial charge in [0, 0.05) is 9.35 Å². The molecule has 0 amide bonds. The van der Waals surface area contributed by atoms with Gasteiger partial charge in [-0.25, -0.2) is 4.79 Å². The minimum atomic E-state index is -0.469. The van der Waals surface area contributed by atoms with E-state index in [1.54, 1.807) is 53.1 Å². The molecule has 0 unspecified atom stereocenters. The second-order valence-electron chi connectivity index (χ2n) is 4.72. The van der Waals surface area contributed by atoms with E-state index in [0.717, 1.165) is 9.35 Å². The molecule has 24 heavy (non-hydrogen) atoms. The lowest BCUT2D eigenvalue weighted by molar-refractivity contribution is 0.0738. The van der Waals surface area contributed by atoms with E-state index in [1.807, 2.05) is 17.5 Å². The minimum Gasteiger partial charge on any atom is -0.422 e. The van der Waals surface area contributed by atoms with Gasteiger partial charge in [-0.15, -0.1) is 22.7 Å². The molecule has 2 aromatic heterocycles. The number of esters is 1. The van der Waals surface area contributed by atoms with E-state index in [2.05, 4.69) is 15.9 Å². The highest BCUT2D eigenvalue weighted by atomic mass is 79.9. The molecule has 3 nitrogen and oxygen atoms in total. The first-order chi connectivity index (χ1) is 11.6. The van der Waals surface area contributed by atoms with Crippen LogP contribution in [0.25, 0.3) is 6.08 Å². The van der Waals surface area contributed by atoms with Crippen molar-refractivity contribution in [3.8, 4) is 5.75 Å². The number of benzene rings is 1. The molecule has 0 aliphatic carbocycles. The van der Waals surface area contributed by atoms with Crippen LogP contribution in [0.2, 0.25) is 0 Å². The fourth-order valence-corrected chi connectivity index (χ4v) is 3.54. The Kier molecular flexibility index (Phi) is 5.40. The van der Waals surface area contributed by atoms with Crippen LogP contribution in [0, 0.1) is 0 Å². The maximum Gasteiger partial charge on any atom is 0.353 e. The Balaban J connectivity index is 1.85. The molecule has 3 rings (SSSR count). The van der Waals surface area contributed by atoms with Crippen molar-refractivity contribution in [2.24, 2.45) is 0 Å². The van der Waals surface area contributed by atoms with Gasteiger partial charge in [-0.05, 0) is 53.2 Å². The molecule has 1 aromatic carbocycles. The van der Waals surface area contributed by atoms with Gasteiger partial charge in [-0.1, -0.05) is 28.1 Å². The Morgan fingerprint density at radius 3 is 2.54 bits per heavy atom. The lowest BCUT2D eigenvalue weighted by Crippen LogP contribution is -2.09. The third kappa shape index (κ3) is 4.08. The van der Waals surface area contributed by atoms with Gasteiger partial charge in [0.15, 0.2) is 5.78 Å². The van der Waals surface area contributed by atoms with Crippen molar-refractivity contribution in [2.75, 3.05) is 0 Å². The van der Waals surface area contributed by atoms with Crippen molar-refractivity contribution in [3.63, 3.8) is 0 Å². The number of rotatable bonds is 5. The molecule has 0 bridgehead atoms. The number of allylic oxidation sites excluding steroid dienone is 1. The Morgan fingerprint density at radius 2 is 1.83 bits per heavy atom. The van der Waals surface area contributed by atoms with Crippen LogP contribution < -0.4 is 4.74 Å². The molecule has 0 saturated heterocycles. The van der Waals surface area contributed by atoms with E-state index >= 15 is 0 Å². The third-order valence-corrected chi connectivity index (χ3v) is 5.25. The number of hydrogen-bond acceptors (Lipinski definition) is 5. The van der Waals surface area contributed by atoms with Crippen molar-refractivity contribution in [1.29, 1.82) is 0 Å². The molecule has 0 aliphatic rings. The van der Waals surface area contributed by atoms with Crippen LogP contribution in [0.4, 0.5) is 0 Å². The van der Waals surface area contributed by atoms with Crippen molar-refractivity contribution in [1.82, 2.24) is 0 Å². The summed E-state index contributed by atoms with van der Waals surface area (Å²) in [6.07, 6.45) is 3.23. The van der Waals surface area contributed by atoms with E-state index in [4.69, 9.17) is 4.74 Å². The first kappa shape index (κ1) is 16.8. The first-order valence-corrected chi connectivity index (χ1v) is 9.50. The molecule has 2 heterocycles. The van der Waals surface area contributed by atoms with Crippen LogP contribution in [-0.2, 0) is 0 Å². The number of carbonyl (C=O) groups excluding carboxylic acids is 2. The molecule has 0 spiro atoms. The quantitative estimate of drug-likeness (QED) is 0.231. The van der Waals surface area contributed by atoms with Crippen molar-refractivity contribution in [2.45, 2.75) is 0 Å². The Hall–Kier alpha value is -2.02. The Labute approximate surface area is 155 Å². The van der Waals surface area contributed by atoms with Crippen LogP contribution in [-0.4, -0.2) is 11.8 Å². The predicted molar refractivity (Wildman–Crippen MR) is 101 cm³/mol. The highest BCUT2D eigenvalue weighted by Crippen LogP contribution is 2.26. The van der Waals surface area contributed by atoms with E-state index in [0.29, 0.717) is 10.4 Å². The smallest absolute Gasteiger partial charge is 0.353 e. The summed E-state index contributed by atoms with van der Waals surface area (Å²) in [6, 6.07) is 12.3. The number of ketones is 1. The predicted octanol–water partition coefficient (Wildman–Crippen LogP) is 5.69. The monoisotopic (exact) mass is 418 g/mol. The molecule has 0 radical (unpaired) electrons. The Morgan fingerprint density at radius 1 is 1.04 bits per heavy atom. The molecular weight excluding hydrogens is 408 g/mol. The summed E-state index contributed by atoms with van der Waals surface area (Å²) in [5.41, 5.74) is 0.335. The zero-order valence-corrected chi connectivity index (χ0v) is 15.5. The summed E-state index contributed by atoms with van der Waals surface area (Å²) in [6.45, 7) is 0. The van der Waals surface area contributed by atoms with Crippen LogP contribution in [0.15, 0.2) is 63.8 Å². The fourth-order valence-electron chi connectivity index (χ4n) is 1.96. The number of carbonyl (C=O) groups is 2. The largest absolute Gasteiger partial charge is 0.422 e. The van der Waals surface area contributed by atoms with E-state index in [1.165, 1.54) is 17.4 Å². The number of halogens is 1. The topological polar surface area (TPSA) is 43.4 Å². The Bertz CT molecular complexity index is 881. The van der Waals surface area contributed by atoms with Crippen molar-refractivity contribution in [3.05, 3.63) is 79.1 Å². The van der Waals surface area contributed by atoms with Gasteiger partial charge < -0.3 is 4.74 Å². The highest BCUT2D eigenvalue weighted by molar-refractivity contribution is 9.10. The molecule has 6 heteroatoms. The SMILES string of the molecule is O=C(Oc1ccc(Br)cc1C(=O)/C=C/c1cccs1)c1cccs1. The second kappa shape index (κ2) is 7.70. The first-order valence-electron chi connectivity index (χ1n) is 6.94. The zero-order valence-electron chi connectivity index (χ0n) is 12.3. The van der Waals surface area contributed by atoms with Gasteiger partial charge >= 0.3 is 5.97 Å². The standard InChI is InChI=1S/C18H11BrO3S2/c19-12-5-8-16(22-18(21)17-4-2-10-24-17)14(11-12)15(20)7-6-13-3-1-9-23-13/h1-11H/b7-6+. The lowest BCUT2D eigenvalue weighted by atomic mass is 10.1. The van der Waals surface area contributed by atoms with Crippen LogP contribution in [0.1, 0.15) is 24.9 Å². The summed E-state index contributed by atoms with van der Waals surface area (Å²) in [4.78, 5) is 26.1. The molecule has 0 fully saturated rings. The number of thiophene rings is 2. The normalized spacial score (nSPS) is 10.9. The highest BCUT2D eigenvalue weighted by Gasteiger charge is 2.16. The summed E-state index contributed by atoms with van der Waals surface area (Å²) in [5.74, 6) is -0.445. The molecule has 120 valence electrons. The third-order valence-electron chi connectivity index (χ3n) is 3.07. The van der Waals surface area contributed by atoms with Crippen molar-refractivity contribution >= 4 is 56.4 Å². The summed E-state index contributed by atoms with van der Waals surface area (Å²) in [5, 5.41) is 3.74. The van der Waals surface area contributed by atoms with E-state index < -0.39 is 5.97 Å². The van der Waals surface area contributed by atoms with Gasteiger partial charge in [0.1, 0.15) is 10.6 Å². The van der Waals surface area contributed by atoms with Crippen LogP contribution in [0.3, 0.4) is 0 Å². The van der Waals surface area contributed by atoms with Crippen molar-refractivity contribution < 1.29 is 14.3 Å². The van der Waals surface area contributed by atoms with E-state index in [9.17, 15) is 9.59 Å². The van der Waals surface area contributed by atoms with Gasteiger partial charge in [0.25, 0.3) is 0 Å². The number of hydrogen-bond donors (Lipinski definition) is 0. The summed E-state index contributed by atoms with van der Waals surface area (Å²) in [7, 11) is 0. The van der Waals surface area contributed by atoms with Gasteiger partial charge in [0.2, 0.25) is 0 Å².